The number of aromatic amines is 1. The van der Waals surface area contributed by atoms with E-state index in [0.717, 1.165) is 72.4 Å². The van der Waals surface area contributed by atoms with Gasteiger partial charge >= 0.3 is 0 Å². The Balaban J connectivity index is 1.15. The number of rotatable bonds is 10. The van der Waals surface area contributed by atoms with Crippen molar-refractivity contribution >= 4 is 22.5 Å². The molecule has 3 aromatic carbocycles. The fraction of sp³-hybridized carbons (Fsp3) is 0.300. The number of fused-ring (bicyclic) bond motifs is 2. The number of hydrogen-bond acceptors (Lipinski definition) is 3. The third-order valence-corrected chi connectivity index (χ3v) is 7.37. The summed E-state index contributed by atoms with van der Waals surface area (Å²) in [6.45, 7) is 2.15. The van der Waals surface area contributed by atoms with Crippen molar-refractivity contribution in [1.82, 2.24) is 10.3 Å². The highest BCUT2D eigenvalue weighted by molar-refractivity contribution is 6.31. The number of H-pyrrole nitrogens is 1. The van der Waals surface area contributed by atoms with Crippen LogP contribution in [0.25, 0.3) is 10.9 Å². The average Bonchev–Trinajstić information content (AvgIpc) is 3.47. The third kappa shape index (κ3) is 5.03. The largest absolute Gasteiger partial charge is 0.361 e. The summed E-state index contributed by atoms with van der Waals surface area (Å²) < 4.78 is 20.0. The molecule has 5 rings (SSSR count). The van der Waals surface area contributed by atoms with Gasteiger partial charge in [0.2, 0.25) is 0 Å². The predicted molar refractivity (Wildman–Crippen MR) is 141 cm³/mol. The van der Waals surface area contributed by atoms with Crippen molar-refractivity contribution in [2.24, 2.45) is 0 Å². The number of benzene rings is 3. The third-order valence-electron chi connectivity index (χ3n) is 7.14. The summed E-state index contributed by atoms with van der Waals surface area (Å²) in [6, 6.07) is 20.5. The van der Waals surface area contributed by atoms with Crippen molar-refractivity contribution in [3.63, 3.8) is 0 Å². The lowest BCUT2D eigenvalue weighted by atomic mass is 9.82. The molecule has 0 fully saturated rings. The summed E-state index contributed by atoms with van der Waals surface area (Å²) in [5.41, 5.74) is 5.46. The summed E-state index contributed by atoms with van der Waals surface area (Å²) in [5, 5.41) is 14.8. The zero-order valence-corrected chi connectivity index (χ0v) is 20.9. The number of nitriles is 1. The quantitative estimate of drug-likeness (QED) is 0.230. The molecule has 1 unspecified atom stereocenters. The molecule has 184 valence electrons. The van der Waals surface area contributed by atoms with Gasteiger partial charge in [0.25, 0.3) is 0 Å². The molecule has 0 saturated carbocycles. The van der Waals surface area contributed by atoms with Gasteiger partial charge in [0.15, 0.2) is 0 Å². The van der Waals surface area contributed by atoms with Gasteiger partial charge in [-0.3, -0.25) is 0 Å². The van der Waals surface area contributed by atoms with Gasteiger partial charge in [0.1, 0.15) is 11.4 Å². The number of hydrogen-bond donors (Lipinski definition) is 2. The molecule has 4 aromatic rings. The number of ether oxygens (including phenoxy) is 1. The molecule has 0 saturated heterocycles. The number of aromatic nitrogens is 1. The lowest BCUT2D eigenvalue weighted by Crippen LogP contribution is -2.32. The normalized spacial score (nSPS) is 16.8. The molecule has 0 aliphatic carbocycles. The molecule has 6 heteroatoms. The molecule has 0 amide bonds. The van der Waals surface area contributed by atoms with Gasteiger partial charge in [-0.1, -0.05) is 36.2 Å². The van der Waals surface area contributed by atoms with Gasteiger partial charge < -0.3 is 15.0 Å². The Bertz CT molecular complexity index is 1390. The van der Waals surface area contributed by atoms with E-state index in [1.54, 1.807) is 12.1 Å². The average molecular weight is 502 g/mol. The van der Waals surface area contributed by atoms with Gasteiger partial charge in [-0.2, -0.15) is 5.26 Å². The van der Waals surface area contributed by atoms with Crippen LogP contribution in [0.2, 0.25) is 5.02 Å². The lowest BCUT2D eigenvalue weighted by molar-refractivity contribution is -0.0112. The minimum atomic E-state index is -0.638. The Morgan fingerprint density at radius 2 is 1.89 bits per heavy atom. The maximum atomic E-state index is 13.6. The summed E-state index contributed by atoms with van der Waals surface area (Å²) in [7, 11) is 0. The standard InChI is InChI=1S/C30H29ClFN3O/c31-25-8-12-29-27(17-25)22(19-35-29)4-2-1-3-14-34-15-13-30(24-6-9-26(32)10-7-24)28-11-5-21(18-33)16-23(28)20-36-30/h5-12,16-17,19,34-35H,1-4,13-15,20H2. The number of nitrogens with one attached hydrogen (secondary N) is 2. The molecule has 1 aliphatic rings. The van der Waals surface area contributed by atoms with Crippen LogP contribution in [0.3, 0.4) is 0 Å². The van der Waals surface area contributed by atoms with E-state index in [0.29, 0.717) is 12.2 Å². The van der Waals surface area contributed by atoms with Crippen LogP contribution in [0.5, 0.6) is 0 Å². The summed E-state index contributed by atoms with van der Waals surface area (Å²) in [5.74, 6) is -0.263. The second kappa shape index (κ2) is 10.8. The van der Waals surface area contributed by atoms with Crippen molar-refractivity contribution in [2.75, 3.05) is 13.1 Å². The molecule has 0 spiro atoms. The number of nitrogens with zero attached hydrogens (tertiary/aromatic N) is 1. The smallest absolute Gasteiger partial charge is 0.123 e. The molecular formula is C30H29ClFN3O. The monoisotopic (exact) mass is 501 g/mol. The van der Waals surface area contributed by atoms with Crippen LogP contribution in [-0.2, 0) is 23.4 Å². The first-order valence-electron chi connectivity index (χ1n) is 12.5. The summed E-state index contributed by atoms with van der Waals surface area (Å²) in [6.07, 6.45) is 7.21. The molecule has 1 aromatic heterocycles. The highest BCUT2D eigenvalue weighted by Crippen LogP contribution is 2.44. The van der Waals surface area contributed by atoms with Gasteiger partial charge in [0, 0.05) is 22.1 Å². The minimum absolute atomic E-state index is 0.263. The maximum Gasteiger partial charge on any atom is 0.123 e. The summed E-state index contributed by atoms with van der Waals surface area (Å²) in [4.78, 5) is 3.32. The molecule has 2 N–H and O–H groups in total. The zero-order chi connectivity index (χ0) is 25.0. The molecule has 0 bridgehead atoms. The van der Waals surface area contributed by atoms with Gasteiger partial charge in [-0.25, -0.2) is 4.39 Å². The Morgan fingerprint density at radius 1 is 1.03 bits per heavy atom. The second-order valence-electron chi connectivity index (χ2n) is 9.42. The first-order valence-corrected chi connectivity index (χ1v) is 12.9. The van der Waals surface area contributed by atoms with E-state index in [4.69, 9.17) is 16.3 Å². The first kappa shape index (κ1) is 24.5. The molecule has 36 heavy (non-hydrogen) atoms. The summed E-state index contributed by atoms with van der Waals surface area (Å²) >= 11 is 6.16. The SMILES string of the molecule is N#Cc1ccc2c(c1)COC2(CCNCCCCCc1c[nH]c2ccc(Cl)cc12)c1ccc(F)cc1. The van der Waals surface area contributed by atoms with E-state index in [9.17, 15) is 9.65 Å². The highest BCUT2D eigenvalue weighted by Gasteiger charge is 2.41. The van der Waals surface area contributed by atoms with Crippen LogP contribution in [0.1, 0.15) is 53.5 Å². The topological polar surface area (TPSA) is 60.8 Å². The zero-order valence-electron chi connectivity index (χ0n) is 20.1. The van der Waals surface area contributed by atoms with E-state index < -0.39 is 5.60 Å². The Morgan fingerprint density at radius 3 is 2.72 bits per heavy atom. The molecular weight excluding hydrogens is 473 g/mol. The number of unbranched alkanes of at least 4 members (excludes halogenated alkanes) is 2. The fourth-order valence-corrected chi connectivity index (χ4v) is 5.43. The molecule has 1 aliphatic heterocycles. The fourth-order valence-electron chi connectivity index (χ4n) is 5.25. The van der Waals surface area contributed by atoms with E-state index in [1.165, 1.54) is 23.1 Å². The van der Waals surface area contributed by atoms with Crippen molar-refractivity contribution < 1.29 is 9.13 Å². The Labute approximate surface area is 216 Å². The second-order valence-corrected chi connectivity index (χ2v) is 9.86. The van der Waals surface area contributed by atoms with Crippen LogP contribution in [0.15, 0.2) is 66.9 Å². The van der Waals surface area contributed by atoms with Crippen LogP contribution < -0.4 is 5.32 Å². The van der Waals surface area contributed by atoms with Crippen molar-refractivity contribution in [1.29, 1.82) is 5.26 Å². The molecule has 4 nitrogen and oxygen atoms in total. The van der Waals surface area contributed by atoms with Crippen molar-refractivity contribution in [3.05, 3.63) is 106 Å². The minimum Gasteiger partial charge on any atom is -0.361 e. The number of aryl methyl sites for hydroxylation is 1. The number of halogens is 2. The lowest BCUT2D eigenvalue weighted by Gasteiger charge is -2.31. The molecule has 1 atom stereocenters. The Kier molecular flexibility index (Phi) is 7.38. The first-order chi connectivity index (χ1) is 17.6. The molecule has 2 heterocycles. The van der Waals surface area contributed by atoms with E-state index in [2.05, 4.69) is 22.6 Å². The van der Waals surface area contributed by atoms with Crippen LogP contribution in [0.4, 0.5) is 4.39 Å². The van der Waals surface area contributed by atoms with E-state index >= 15 is 0 Å². The van der Waals surface area contributed by atoms with E-state index in [1.807, 2.05) is 36.4 Å². The van der Waals surface area contributed by atoms with Gasteiger partial charge in [0.05, 0.1) is 18.2 Å². The Hall–Kier alpha value is -3.17. The van der Waals surface area contributed by atoms with Gasteiger partial charge in [-0.15, -0.1) is 0 Å². The van der Waals surface area contributed by atoms with Crippen LogP contribution in [0, 0.1) is 17.1 Å². The molecule has 0 radical (unpaired) electrons. The van der Waals surface area contributed by atoms with Crippen LogP contribution >= 0.6 is 11.6 Å². The highest BCUT2D eigenvalue weighted by atomic mass is 35.5. The van der Waals surface area contributed by atoms with Crippen molar-refractivity contribution in [2.45, 2.75) is 44.3 Å². The maximum absolute atomic E-state index is 13.6. The predicted octanol–water partition coefficient (Wildman–Crippen LogP) is 7.00. The van der Waals surface area contributed by atoms with Crippen molar-refractivity contribution in [3.8, 4) is 6.07 Å². The van der Waals surface area contributed by atoms with Crippen LogP contribution in [-0.4, -0.2) is 18.1 Å². The van der Waals surface area contributed by atoms with Gasteiger partial charge in [-0.05, 0) is 103 Å². The van der Waals surface area contributed by atoms with E-state index in [-0.39, 0.29) is 5.82 Å².